The van der Waals surface area contributed by atoms with E-state index in [0.29, 0.717) is 0 Å². The van der Waals surface area contributed by atoms with Crippen molar-refractivity contribution in [1.82, 2.24) is 0 Å². The quantitative estimate of drug-likeness (QED) is 0.166. The second-order valence-electron chi connectivity index (χ2n) is 27.7. The first-order chi connectivity index (χ1) is 33.1. The molecule has 0 atom stereocenters. The first kappa shape index (κ1) is 53.7. The standard InChI is InChI=1S/C66H84O4P2/c1-59(2,3)51-37-45-25-33-55(51)67-71(68-56-34-26-46(38-52(56)60(4,5)6)64(15,16)41-63(45,13)14)49-29-21-43(22-30-49)44-23-31-50(32-24-44)72-69-57-35-27-47(39-53(57)61(7,8)9)65(17,18)42-66(19,20)48-28-36-58(70-72)54(40-48)62(10,11)12/h21-40H,41-42H2,1-20H3. The third-order valence-electron chi connectivity index (χ3n) is 15.3. The van der Waals surface area contributed by atoms with Crippen LogP contribution in [0.15, 0.2) is 121 Å². The minimum absolute atomic E-state index is 0.0747. The highest BCUT2D eigenvalue weighted by Gasteiger charge is 2.38. The highest BCUT2D eigenvalue weighted by molar-refractivity contribution is 7.57. The Hall–Kier alpha value is -4.62. The van der Waals surface area contributed by atoms with E-state index in [1.54, 1.807) is 0 Å². The minimum Gasteiger partial charge on any atom is -0.435 e. The summed E-state index contributed by atoms with van der Waals surface area (Å²) in [5.41, 5.74) is 11.3. The summed E-state index contributed by atoms with van der Waals surface area (Å²) in [7, 11) is -3.20. The molecule has 382 valence electrons. The minimum atomic E-state index is -1.60. The van der Waals surface area contributed by atoms with Gasteiger partial charge in [-0.3, -0.25) is 0 Å². The summed E-state index contributed by atoms with van der Waals surface area (Å²) in [5.74, 6) is 3.47. The molecule has 6 aromatic carbocycles. The van der Waals surface area contributed by atoms with Crippen molar-refractivity contribution >= 4 is 27.4 Å². The molecule has 4 nitrogen and oxygen atoms in total. The molecule has 0 radical (unpaired) electrons. The van der Waals surface area contributed by atoms with E-state index in [4.69, 9.17) is 18.1 Å². The van der Waals surface area contributed by atoms with Gasteiger partial charge in [-0.25, -0.2) is 0 Å². The van der Waals surface area contributed by atoms with Gasteiger partial charge < -0.3 is 18.1 Å². The van der Waals surface area contributed by atoms with Gasteiger partial charge in [0.05, 0.1) is 10.6 Å². The van der Waals surface area contributed by atoms with E-state index in [-0.39, 0.29) is 43.3 Å². The normalized spacial score (nSPS) is 18.1. The molecule has 0 saturated heterocycles. The highest BCUT2D eigenvalue weighted by atomic mass is 31.2. The first-order valence-electron chi connectivity index (χ1n) is 26.3. The van der Waals surface area contributed by atoms with E-state index in [1.165, 1.54) is 44.5 Å². The van der Waals surface area contributed by atoms with Crippen LogP contribution in [0.25, 0.3) is 11.1 Å². The molecule has 0 fully saturated rings. The van der Waals surface area contributed by atoms with Gasteiger partial charge in [0.15, 0.2) is 0 Å². The van der Waals surface area contributed by atoms with Crippen LogP contribution in [0, 0.1) is 0 Å². The Morgan fingerprint density at radius 2 is 0.514 bits per heavy atom. The second-order valence-corrected chi connectivity index (χ2v) is 30.5. The van der Waals surface area contributed by atoms with E-state index in [1.807, 2.05) is 0 Å². The fourth-order valence-electron chi connectivity index (χ4n) is 11.2. The first-order valence-corrected chi connectivity index (χ1v) is 28.6. The lowest BCUT2D eigenvalue weighted by molar-refractivity contribution is 0.346. The molecular formula is C66H84O4P2. The van der Waals surface area contributed by atoms with Crippen LogP contribution in [-0.2, 0) is 43.3 Å². The monoisotopic (exact) mass is 1000 g/mol. The molecule has 8 bridgehead atoms. The largest absolute Gasteiger partial charge is 0.435 e. The van der Waals surface area contributed by atoms with Crippen molar-refractivity contribution in [2.24, 2.45) is 0 Å². The van der Waals surface area contributed by atoms with Crippen LogP contribution >= 0.6 is 16.8 Å². The summed E-state index contributed by atoms with van der Waals surface area (Å²) in [6.45, 7) is 46.5. The summed E-state index contributed by atoms with van der Waals surface area (Å²) < 4.78 is 28.8. The number of hydrogen-bond donors (Lipinski definition) is 0. The van der Waals surface area contributed by atoms with Crippen molar-refractivity contribution in [2.45, 2.75) is 195 Å². The Kier molecular flexibility index (Phi) is 13.9. The Bertz CT molecular complexity index is 2590. The number of benzene rings is 6. The summed E-state index contributed by atoms with van der Waals surface area (Å²) >= 11 is 0. The summed E-state index contributed by atoms with van der Waals surface area (Å²) in [4.78, 5) is 0. The van der Waals surface area contributed by atoms with E-state index < -0.39 is 16.8 Å². The maximum absolute atomic E-state index is 7.19. The lowest BCUT2D eigenvalue weighted by Crippen LogP contribution is -2.31. The molecule has 0 saturated carbocycles. The molecule has 8 aliphatic heterocycles. The van der Waals surface area contributed by atoms with Gasteiger partial charge >= 0.3 is 16.8 Å². The fourth-order valence-corrected chi connectivity index (χ4v) is 13.9. The Morgan fingerprint density at radius 3 is 0.708 bits per heavy atom. The molecule has 14 rings (SSSR count). The van der Waals surface area contributed by atoms with Gasteiger partial charge in [-0.2, -0.15) is 0 Å². The van der Waals surface area contributed by atoms with Crippen LogP contribution in [-0.4, -0.2) is 0 Å². The molecule has 0 N–H and O–H groups in total. The molecule has 8 heterocycles. The zero-order valence-electron chi connectivity index (χ0n) is 47.5. The van der Waals surface area contributed by atoms with Gasteiger partial charge in [-0.1, -0.05) is 211 Å². The SMILES string of the molecule is CC(C)(C)c1cc2ccc1OP(c1ccc(-c3ccc(P4Oc5ccc(cc5C(C)(C)C)C(C)(C)CC(C)(C)c5ccc(c(C(C)(C)C)c5)O4)cc3)cc1)Oc1ccc(cc1C(C)(C)C)C(C)(C)CC2(C)C. The second kappa shape index (κ2) is 18.6. The van der Waals surface area contributed by atoms with E-state index in [9.17, 15) is 0 Å². The summed E-state index contributed by atoms with van der Waals surface area (Å²) in [6.07, 6.45) is 1.99. The highest BCUT2D eigenvalue weighted by Crippen LogP contribution is 2.52. The van der Waals surface area contributed by atoms with Crippen molar-refractivity contribution in [3.63, 3.8) is 0 Å². The van der Waals surface area contributed by atoms with E-state index in [2.05, 4.69) is 260 Å². The predicted octanol–water partition coefficient (Wildman–Crippen LogP) is 18.7. The van der Waals surface area contributed by atoms with E-state index in [0.717, 1.165) is 57.6 Å². The van der Waals surface area contributed by atoms with E-state index >= 15 is 0 Å². The number of rotatable bonds is 3. The average molecular weight is 1000 g/mol. The Balaban J connectivity index is 1.18. The molecular weight excluding hydrogens is 919 g/mol. The van der Waals surface area contributed by atoms with Crippen molar-refractivity contribution in [3.8, 4) is 34.1 Å². The predicted molar refractivity (Wildman–Crippen MR) is 309 cm³/mol. The molecule has 0 aromatic heterocycles. The maximum Gasteiger partial charge on any atom is 0.326 e. The molecule has 0 amide bonds. The van der Waals surface area contributed by atoms with Gasteiger partial charge in [-0.15, -0.1) is 0 Å². The van der Waals surface area contributed by atoms with Crippen molar-refractivity contribution in [1.29, 1.82) is 0 Å². The average Bonchev–Trinajstić information content (AvgIpc) is 3.26. The lowest BCUT2D eigenvalue weighted by atomic mass is 9.67. The van der Waals surface area contributed by atoms with Crippen LogP contribution in [0.2, 0.25) is 0 Å². The van der Waals surface area contributed by atoms with Gasteiger partial charge in [0.25, 0.3) is 0 Å². The van der Waals surface area contributed by atoms with Crippen LogP contribution in [0.4, 0.5) is 0 Å². The van der Waals surface area contributed by atoms with Crippen LogP contribution in [0.5, 0.6) is 23.0 Å². The zero-order chi connectivity index (χ0) is 52.8. The molecule has 72 heavy (non-hydrogen) atoms. The third kappa shape index (κ3) is 11.2. The summed E-state index contributed by atoms with van der Waals surface area (Å²) in [6, 6.07) is 45.0. The van der Waals surface area contributed by atoms with Crippen LogP contribution < -0.4 is 28.7 Å². The van der Waals surface area contributed by atoms with Crippen molar-refractivity contribution < 1.29 is 18.1 Å². The molecule has 8 aliphatic rings. The Morgan fingerprint density at radius 1 is 0.306 bits per heavy atom. The Labute approximate surface area is 437 Å². The van der Waals surface area contributed by atoms with Gasteiger partial charge in [0, 0.05) is 22.3 Å². The molecule has 0 spiro atoms. The van der Waals surface area contributed by atoms with Gasteiger partial charge in [0.1, 0.15) is 23.0 Å². The molecule has 0 aliphatic carbocycles. The van der Waals surface area contributed by atoms with Crippen LogP contribution in [0.3, 0.4) is 0 Å². The van der Waals surface area contributed by atoms with Crippen LogP contribution in [0.1, 0.15) is 196 Å². The smallest absolute Gasteiger partial charge is 0.326 e. The van der Waals surface area contributed by atoms with Crippen molar-refractivity contribution in [2.75, 3.05) is 0 Å². The fraction of sp³-hybridized carbons (Fsp3) is 0.455. The number of hydrogen-bond acceptors (Lipinski definition) is 4. The zero-order valence-corrected chi connectivity index (χ0v) is 49.3. The molecule has 0 unspecified atom stereocenters. The maximum atomic E-state index is 7.19. The summed E-state index contributed by atoms with van der Waals surface area (Å²) in [5, 5.41) is 2.01. The third-order valence-corrected chi connectivity index (χ3v) is 18.1. The molecule has 6 heteroatoms. The molecule has 6 aromatic rings. The van der Waals surface area contributed by atoms with Gasteiger partial charge in [0.2, 0.25) is 0 Å². The van der Waals surface area contributed by atoms with Gasteiger partial charge in [-0.05, 0) is 138 Å². The lowest BCUT2D eigenvalue weighted by Gasteiger charge is -2.38. The topological polar surface area (TPSA) is 36.9 Å². The van der Waals surface area contributed by atoms with Crippen molar-refractivity contribution in [3.05, 3.63) is 166 Å².